The Morgan fingerprint density at radius 3 is 2.62 bits per heavy atom. The number of rotatable bonds is 13. The van der Waals surface area contributed by atoms with E-state index in [4.69, 9.17) is 19.7 Å². The van der Waals surface area contributed by atoms with E-state index in [1.807, 2.05) is 23.7 Å². The molecule has 0 saturated carbocycles. The highest BCUT2D eigenvalue weighted by molar-refractivity contribution is 7.92. The highest BCUT2D eigenvalue weighted by Gasteiger charge is 2.44. The first-order chi connectivity index (χ1) is 22.7. The molecule has 1 aliphatic rings. The van der Waals surface area contributed by atoms with Crippen molar-refractivity contribution in [1.82, 2.24) is 15.4 Å². The zero-order valence-corrected chi connectivity index (χ0v) is 28.9. The summed E-state index contributed by atoms with van der Waals surface area (Å²) in [5, 5.41) is 9.53. The molecule has 16 heteroatoms. The Morgan fingerprint density at radius 1 is 1.17 bits per heavy atom. The van der Waals surface area contributed by atoms with E-state index >= 15 is 0 Å². The number of hydrogen-bond acceptors (Lipinski definition) is 11. The van der Waals surface area contributed by atoms with Gasteiger partial charge in [0, 0.05) is 50.4 Å². The molecule has 0 bridgehead atoms. The van der Waals surface area contributed by atoms with Gasteiger partial charge >= 0.3 is 13.8 Å². The number of phosphoric ester groups is 1. The van der Waals surface area contributed by atoms with Crippen molar-refractivity contribution in [3.05, 3.63) is 58.6 Å². The third-order valence-corrected chi connectivity index (χ3v) is 11.3. The van der Waals surface area contributed by atoms with E-state index in [1.54, 1.807) is 6.07 Å². The number of nitrogens with one attached hydrogen (secondary N) is 1. The Labute approximate surface area is 282 Å². The van der Waals surface area contributed by atoms with E-state index in [1.165, 1.54) is 36.5 Å². The SMILES string of the molecule is C[C@@](CCc1nc2cc(C#CC#CC3CN(CCCO)C3)ccc2s1)(C(=O)NOC(=O)CCc1ccccc1OP(=O)(O)O)S(C)(=O)=O. The maximum atomic E-state index is 13.1. The van der Waals surface area contributed by atoms with Crippen molar-refractivity contribution >= 4 is 51.1 Å². The van der Waals surface area contributed by atoms with Crippen LogP contribution in [0.1, 0.15) is 42.3 Å². The molecule has 0 unspecified atom stereocenters. The lowest BCUT2D eigenvalue weighted by molar-refractivity contribution is -0.159. The van der Waals surface area contributed by atoms with E-state index in [0.29, 0.717) is 16.1 Å². The molecule has 256 valence electrons. The molecular formula is C32H36N3O10PS2. The monoisotopic (exact) mass is 717 g/mol. The molecule has 4 rings (SSSR count). The van der Waals surface area contributed by atoms with Gasteiger partial charge in [-0.05, 0) is 67.9 Å². The van der Waals surface area contributed by atoms with E-state index < -0.39 is 34.3 Å². The summed E-state index contributed by atoms with van der Waals surface area (Å²) in [4.78, 5) is 55.3. The number of thiazole rings is 1. The number of aliphatic hydroxyl groups is 1. The number of aryl methyl sites for hydroxylation is 2. The first-order valence-electron chi connectivity index (χ1n) is 14.9. The van der Waals surface area contributed by atoms with Gasteiger partial charge in [-0.25, -0.2) is 22.8 Å². The first kappa shape index (κ1) is 37.0. The molecule has 2 heterocycles. The number of carbonyl (C=O) groups is 2. The van der Waals surface area contributed by atoms with E-state index in [2.05, 4.69) is 38.1 Å². The molecule has 0 aliphatic carbocycles. The van der Waals surface area contributed by atoms with Gasteiger partial charge in [0.15, 0.2) is 14.6 Å². The number of para-hydroxylation sites is 1. The van der Waals surface area contributed by atoms with Crippen LogP contribution in [0.3, 0.4) is 0 Å². The Kier molecular flexibility index (Phi) is 12.4. The second-order valence-corrected chi connectivity index (χ2v) is 16.2. The van der Waals surface area contributed by atoms with Crippen LogP contribution in [0.2, 0.25) is 0 Å². The summed E-state index contributed by atoms with van der Waals surface area (Å²) < 4.78 is 40.3. The number of phosphoric acid groups is 1. The molecule has 1 atom stereocenters. The number of nitrogens with zero attached hydrogens (tertiary/aromatic N) is 2. The van der Waals surface area contributed by atoms with Gasteiger partial charge in [0.1, 0.15) is 5.75 Å². The largest absolute Gasteiger partial charge is 0.524 e. The number of hydrogen-bond donors (Lipinski definition) is 4. The molecule has 0 spiro atoms. The van der Waals surface area contributed by atoms with Gasteiger partial charge in [-0.2, -0.15) is 5.48 Å². The maximum absolute atomic E-state index is 13.1. The van der Waals surface area contributed by atoms with Crippen LogP contribution in [0, 0.1) is 29.6 Å². The van der Waals surface area contributed by atoms with Crippen molar-refractivity contribution in [3.63, 3.8) is 0 Å². The highest BCUT2D eigenvalue weighted by Crippen LogP contribution is 2.39. The average molecular weight is 718 g/mol. The van der Waals surface area contributed by atoms with Crippen LogP contribution >= 0.6 is 19.2 Å². The minimum Gasteiger partial charge on any atom is -0.404 e. The maximum Gasteiger partial charge on any atom is 0.524 e. The molecule has 2 aromatic carbocycles. The number of sulfone groups is 1. The van der Waals surface area contributed by atoms with Crippen LogP contribution in [-0.4, -0.2) is 82.3 Å². The summed E-state index contributed by atoms with van der Waals surface area (Å²) in [6.07, 6.45) is 1.38. The van der Waals surface area contributed by atoms with Gasteiger partial charge in [0.2, 0.25) is 0 Å². The molecule has 1 aliphatic heterocycles. The Morgan fingerprint density at radius 2 is 1.92 bits per heavy atom. The molecule has 1 fully saturated rings. The highest BCUT2D eigenvalue weighted by atomic mass is 32.2. The van der Waals surface area contributed by atoms with Crippen molar-refractivity contribution in [2.75, 3.05) is 32.5 Å². The van der Waals surface area contributed by atoms with Crippen molar-refractivity contribution in [1.29, 1.82) is 0 Å². The van der Waals surface area contributed by atoms with Crippen molar-refractivity contribution in [3.8, 4) is 29.4 Å². The van der Waals surface area contributed by atoms with Gasteiger partial charge in [0.05, 0.1) is 21.6 Å². The Hall–Kier alpha value is -3.79. The number of amides is 1. The number of benzene rings is 2. The fourth-order valence-corrected chi connectivity index (χ4v) is 7.01. The minimum absolute atomic E-state index is 0.0292. The van der Waals surface area contributed by atoms with Gasteiger partial charge in [-0.15, -0.1) is 11.3 Å². The third kappa shape index (κ3) is 10.4. The molecule has 3 aromatic rings. The van der Waals surface area contributed by atoms with Gasteiger partial charge in [-0.3, -0.25) is 14.6 Å². The number of carbonyl (C=O) groups excluding carboxylic acids is 2. The lowest BCUT2D eigenvalue weighted by Crippen LogP contribution is -2.50. The van der Waals surface area contributed by atoms with Gasteiger partial charge in [-0.1, -0.05) is 30.0 Å². The predicted octanol–water partition coefficient (Wildman–Crippen LogP) is 2.38. The molecule has 1 aromatic heterocycles. The zero-order valence-electron chi connectivity index (χ0n) is 26.3. The number of aromatic nitrogens is 1. The van der Waals surface area contributed by atoms with Crippen LogP contribution in [0.4, 0.5) is 0 Å². The van der Waals surface area contributed by atoms with E-state index in [0.717, 1.165) is 42.6 Å². The Bertz CT molecular complexity index is 1930. The number of aliphatic hydroxyl groups excluding tert-OH is 1. The molecular weight excluding hydrogens is 681 g/mol. The summed E-state index contributed by atoms with van der Waals surface area (Å²) in [5.41, 5.74) is 3.69. The lowest BCUT2D eigenvalue weighted by Gasteiger charge is -2.36. The van der Waals surface area contributed by atoms with E-state index in [9.17, 15) is 22.6 Å². The second-order valence-electron chi connectivity index (χ2n) is 11.4. The number of likely N-dealkylation sites (tertiary alicyclic amines) is 1. The second kappa shape index (κ2) is 16.1. The fraction of sp³-hybridized carbons (Fsp3) is 0.406. The Balaban J connectivity index is 1.32. The van der Waals surface area contributed by atoms with Crippen molar-refractivity contribution in [2.24, 2.45) is 5.92 Å². The predicted molar refractivity (Wildman–Crippen MR) is 179 cm³/mol. The fourth-order valence-electron chi connectivity index (χ4n) is 4.78. The van der Waals surface area contributed by atoms with Crippen LogP contribution < -0.4 is 10.0 Å². The molecule has 1 amide bonds. The normalized spacial score (nSPS) is 14.9. The molecule has 1 saturated heterocycles. The summed E-state index contributed by atoms with van der Waals surface area (Å²) in [6, 6.07) is 11.5. The summed E-state index contributed by atoms with van der Waals surface area (Å²) in [7, 11) is -8.81. The topological polar surface area (TPSA) is 193 Å². The average Bonchev–Trinajstić information content (AvgIpc) is 3.41. The lowest BCUT2D eigenvalue weighted by atomic mass is 10.0. The molecule has 48 heavy (non-hydrogen) atoms. The molecule has 13 nitrogen and oxygen atoms in total. The zero-order chi connectivity index (χ0) is 35.0. The standard InChI is InChI=1S/C32H36N3O10PS2/c1-32(48(2,42)43,31(38)34-44-30(37)15-13-25-10-5-6-11-27(25)45-46(39,40)41)17-16-29-33-26-20-23(12-14-28(26)47-29)8-3-4-9-24-21-35(22-24)18-7-19-36/h5-6,10-12,14,20,24,36H,7,13,15-19,21-22H2,1-2H3,(H,34,38)(H2,39,40,41)/t32-/m1/s1. The summed E-state index contributed by atoms with van der Waals surface area (Å²) >= 11 is 1.37. The van der Waals surface area contributed by atoms with Crippen molar-refractivity contribution in [2.45, 2.75) is 43.8 Å². The van der Waals surface area contributed by atoms with Gasteiger partial charge in [0.25, 0.3) is 5.91 Å². The molecule has 0 radical (unpaired) electrons. The van der Waals surface area contributed by atoms with Crippen LogP contribution in [0.15, 0.2) is 42.5 Å². The van der Waals surface area contributed by atoms with Crippen LogP contribution in [0.5, 0.6) is 5.75 Å². The minimum atomic E-state index is -4.82. The smallest absolute Gasteiger partial charge is 0.404 e. The molecule has 4 N–H and O–H groups in total. The van der Waals surface area contributed by atoms with Crippen LogP contribution in [-0.2, 0) is 41.7 Å². The summed E-state index contributed by atoms with van der Waals surface area (Å²) in [5.74, 6) is 10.2. The van der Waals surface area contributed by atoms with E-state index in [-0.39, 0.29) is 44.0 Å². The van der Waals surface area contributed by atoms with Crippen LogP contribution in [0.25, 0.3) is 10.2 Å². The first-order valence-corrected chi connectivity index (χ1v) is 19.2. The number of fused-ring (bicyclic) bond motifs is 1. The summed E-state index contributed by atoms with van der Waals surface area (Å²) in [6.45, 7) is 4.06. The number of hydroxylamine groups is 1. The van der Waals surface area contributed by atoms with Gasteiger partial charge < -0.3 is 19.4 Å². The third-order valence-electron chi connectivity index (χ3n) is 7.73. The quantitative estimate of drug-likeness (QED) is 0.115. The van der Waals surface area contributed by atoms with Crippen molar-refractivity contribution < 1.29 is 46.8 Å².